The first-order valence-corrected chi connectivity index (χ1v) is 17.8. The molecule has 3 aromatic rings. The summed E-state index contributed by atoms with van der Waals surface area (Å²) < 4.78 is 88.1. The number of alkyl halides is 3. The number of benzene rings is 2. The number of piperazine rings is 1. The SMILES string of the molecule is COC(=O)N[C@H](C(=O)Cc1cccc(F)c1CC[C@H]1CN[C@@H]2CCCS(=O)(=O)N1C2)[C@@H](c1ccc(Cl)cc1)c1csc(C(F)(F)F)n1. The summed E-state index contributed by atoms with van der Waals surface area (Å²) in [6.45, 7) is 0.753. The van der Waals surface area contributed by atoms with Gasteiger partial charge in [0, 0.05) is 42.0 Å². The molecule has 2 N–H and O–H groups in total. The van der Waals surface area contributed by atoms with Crippen LogP contribution >= 0.6 is 22.9 Å². The highest BCUT2D eigenvalue weighted by Crippen LogP contribution is 2.37. The molecule has 16 heteroatoms. The van der Waals surface area contributed by atoms with Crippen molar-refractivity contribution in [1.82, 2.24) is 19.9 Å². The molecule has 2 saturated heterocycles. The molecule has 0 radical (unpaired) electrons. The summed E-state index contributed by atoms with van der Waals surface area (Å²) in [5, 5.41) is 6.24. The van der Waals surface area contributed by atoms with E-state index >= 15 is 4.39 Å². The molecule has 9 nitrogen and oxygen atoms in total. The van der Waals surface area contributed by atoms with Crippen LogP contribution in [0, 0.1) is 5.82 Å². The number of nitrogens with one attached hydrogen (secondary N) is 2. The van der Waals surface area contributed by atoms with E-state index in [0.717, 1.165) is 13.5 Å². The second kappa shape index (κ2) is 14.6. The lowest BCUT2D eigenvalue weighted by atomic mass is 9.84. The van der Waals surface area contributed by atoms with E-state index in [1.807, 2.05) is 0 Å². The number of thiazole rings is 1. The van der Waals surface area contributed by atoms with E-state index in [1.54, 1.807) is 6.07 Å². The second-order valence-electron chi connectivity index (χ2n) is 11.6. The van der Waals surface area contributed by atoms with Gasteiger partial charge in [0.15, 0.2) is 10.8 Å². The lowest BCUT2D eigenvalue weighted by molar-refractivity contribution is -0.137. The number of Topliss-reactive ketones (excluding diaryl/α,β-unsaturated/α-hetero) is 1. The van der Waals surface area contributed by atoms with Crippen LogP contribution in [0.25, 0.3) is 0 Å². The Morgan fingerprint density at radius 1 is 1.21 bits per heavy atom. The summed E-state index contributed by atoms with van der Waals surface area (Å²) in [5.41, 5.74) is 0.754. The molecule has 5 rings (SSSR count). The van der Waals surface area contributed by atoms with E-state index in [2.05, 4.69) is 15.6 Å². The number of rotatable bonds is 10. The fourth-order valence-electron chi connectivity index (χ4n) is 6.20. The monoisotopic (exact) mass is 716 g/mol. The van der Waals surface area contributed by atoms with Crippen molar-refractivity contribution in [3.8, 4) is 0 Å². The Morgan fingerprint density at radius 3 is 2.64 bits per heavy atom. The first-order chi connectivity index (χ1) is 22.3. The van der Waals surface area contributed by atoms with Crippen molar-refractivity contribution in [3.05, 3.63) is 86.1 Å². The third kappa shape index (κ3) is 8.31. The summed E-state index contributed by atoms with van der Waals surface area (Å²) >= 11 is 6.41. The Labute approximate surface area is 278 Å². The van der Waals surface area contributed by atoms with Crippen molar-refractivity contribution in [2.75, 3.05) is 26.0 Å². The molecule has 254 valence electrons. The maximum atomic E-state index is 15.4. The van der Waals surface area contributed by atoms with Crippen LogP contribution in [-0.2, 0) is 38.6 Å². The molecular weight excluding hydrogens is 684 g/mol. The molecule has 1 unspecified atom stereocenters. The fourth-order valence-corrected chi connectivity index (χ4v) is 8.86. The average Bonchev–Trinajstić information content (AvgIpc) is 3.48. The lowest BCUT2D eigenvalue weighted by Gasteiger charge is -2.37. The van der Waals surface area contributed by atoms with Gasteiger partial charge in [-0.25, -0.2) is 22.6 Å². The molecule has 0 aliphatic carbocycles. The fraction of sp³-hybridized carbons (Fsp3) is 0.452. The van der Waals surface area contributed by atoms with Crippen molar-refractivity contribution in [2.45, 2.75) is 62.3 Å². The van der Waals surface area contributed by atoms with Crippen molar-refractivity contribution in [3.63, 3.8) is 0 Å². The summed E-state index contributed by atoms with van der Waals surface area (Å²) in [6, 6.07) is 8.46. The Kier molecular flexibility index (Phi) is 10.9. The van der Waals surface area contributed by atoms with E-state index in [0.29, 0.717) is 47.0 Å². The minimum atomic E-state index is -4.74. The first kappa shape index (κ1) is 35.2. The number of sulfonamides is 1. The molecule has 2 aromatic carbocycles. The van der Waals surface area contributed by atoms with Gasteiger partial charge in [0.1, 0.15) is 11.9 Å². The Hall–Kier alpha value is -3.11. The van der Waals surface area contributed by atoms with Crippen molar-refractivity contribution in [1.29, 1.82) is 0 Å². The van der Waals surface area contributed by atoms with E-state index < -0.39 is 63.3 Å². The van der Waals surface area contributed by atoms with Gasteiger partial charge in [-0.05, 0) is 60.6 Å². The standard InChI is InChI=1S/C31H33ClF4N4O5S2/c1-45-30(42)39-28(27(18-7-9-20(32)10-8-18)25-17-46-29(38-25)31(34,35)36)26(41)14-19-4-2-6-24(33)23(19)12-11-22-15-37-21-5-3-13-47(43,44)40(22)16-21/h2,4,6-10,17,21-22,27-28,37H,3,5,11-16H2,1H3,(H,39,42)/t21-,22+,27+,28-/m1/s1. The number of carbonyl (C=O) groups excluding carboxylic acids is 2. The molecule has 1 aromatic heterocycles. The Morgan fingerprint density at radius 2 is 1.96 bits per heavy atom. The van der Waals surface area contributed by atoms with Crippen LogP contribution < -0.4 is 10.6 Å². The molecule has 0 saturated carbocycles. The largest absolute Gasteiger partial charge is 0.453 e. The molecule has 2 fully saturated rings. The van der Waals surface area contributed by atoms with Gasteiger partial charge in [0.25, 0.3) is 0 Å². The number of ether oxygens (including phenoxy) is 1. The predicted octanol–water partition coefficient (Wildman–Crippen LogP) is 5.32. The van der Waals surface area contributed by atoms with E-state index in [-0.39, 0.29) is 35.9 Å². The summed E-state index contributed by atoms with van der Waals surface area (Å²) in [7, 11) is -2.39. The van der Waals surface area contributed by atoms with Crippen molar-refractivity contribution < 1.29 is 40.3 Å². The number of alkyl carbamates (subject to hydrolysis) is 1. The zero-order valence-electron chi connectivity index (χ0n) is 25.2. The van der Waals surface area contributed by atoms with Gasteiger partial charge >= 0.3 is 12.3 Å². The summed E-state index contributed by atoms with van der Waals surface area (Å²) in [5.74, 6) is -2.36. The maximum Gasteiger partial charge on any atom is 0.443 e. The smallest absolute Gasteiger partial charge is 0.443 e. The number of nitrogens with zero attached hydrogens (tertiary/aromatic N) is 2. The molecule has 2 bridgehead atoms. The Bertz CT molecular complexity index is 1700. The number of hydrogen-bond donors (Lipinski definition) is 2. The van der Waals surface area contributed by atoms with Crippen LogP contribution in [0.15, 0.2) is 47.8 Å². The highest BCUT2D eigenvalue weighted by Gasteiger charge is 2.40. The normalized spacial score (nSPS) is 22.1. The number of aromatic nitrogens is 1. The number of carbonyl (C=O) groups is 2. The quantitative estimate of drug-likeness (QED) is 0.273. The van der Waals surface area contributed by atoms with Gasteiger partial charge in [-0.15, -0.1) is 11.3 Å². The molecule has 5 atom stereocenters. The molecule has 47 heavy (non-hydrogen) atoms. The molecule has 2 aliphatic rings. The van der Waals surface area contributed by atoms with E-state index in [1.165, 1.54) is 46.1 Å². The third-order valence-corrected chi connectivity index (χ3v) is 11.6. The predicted molar refractivity (Wildman–Crippen MR) is 168 cm³/mol. The number of ketones is 1. The van der Waals surface area contributed by atoms with Gasteiger partial charge in [-0.3, -0.25) is 4.79 Å². The molecule has 0 spiro atoms. The zero-order chi connectivity index (χ0) is 33.9. The zero-order valence-corrected chi connectivity index (χ0v) is 27.6. The van der Waals surface area contributed by atoms with Gasteiger partial charge in [0.05, 0.1) is 24.5 Å². The van der Waals surface area contributed by atoms with Gasteiger partial charge < -0.3 is 15.4 Å². The third-order valence-electron chi connectivity index (χ3n) is 8.52. The number of halogens is 5. The maximum absolute atomic E-state index is 15.4. The van der Waals surface area contributed by atoms with Crippen LogP contribution in [0.4, 0.5) is 22.4 Å². The number of hydrogen-bond acceptors (Lipinski definition) is 8. The number of amides is 1. The lowest BCUT2D eigenvalue weighted by Crippen LogP contribution is -2.57. The van der Waals surface area contributed by atoms with E-state index in [4.69, 9.17) is 16.3 Å². The molecule has 1 amide bonds. The van der Waals surface area contributed by atoms with Crippen LogP contribution in [0.5, 0.6) is 0 Å². The molecule has 2 aliphatic heterocycles. The van der Waals surface area contributed by atoms with Gasteiger partial charge in [0.2, 0.25) is 10.0 Å². The summed E-state index contributed by atoms with van der Waals surface area (Å²) in [4.78, 5) is 30.4. The topological polar surface area (TPSA) is 118 Å². The minimum absolute atomic E-state index is 0.0496. The van der Waals surface area contributed by atoms with Crippen LogP contribution in [0.2, 0.25) is 5.02 Å². The average molecular weight is 717 g/mol. The highest BCUT2D eigenvalue weighted by molar-refractivity contribution is 7.89. The minimum Gasteiger partial charge on any atom is -0.453 e. The van der Waals surface area contributed by atoms with Crippen LogP contribution in [0.1, 0.15) is 52.6 Å². The van der Waals surface area contributed by atoms with Gasteiger partial charge in [-0.1, -0.05) is 35.9 Å². The van der Waals surface area contributed by atoms with Crippen LogP contribution in [-0.4, -0.2) is 73.7 Å². The Balaban J connectivity index is 1.45. The van der Waals surface area contributed by atoms with E-state index in [9.17, 15) is 31.2 Å². The van der Waals surface area contributed by atoms with Crippen molar-refractivity contribution in [2.24, 2.45) is 0 Å². The van der Waals surface area contributed by atoms with Gasteiger partial charge in [-0.2, -0.15) is 17.5 Å². The highest BCUT2D eigenvalue weighted by atomic mass is 35.5. The first-order valence-electron chi connectivity index (χ1n) is 14.9. The van der Waals surface area contributed by atoms with Crippen molar-refractivity contribution >= 4 is 44.8 Å². The number of methoxy groups -OCH3 is 1. The number of fused-ring (bicyclic) bond motifs is 2. The molecular formula is C31H33ClF4N4O5S2. The summed E-state index contributed by atoms with van der Waals surface area (Å²) in [6.07, 6.45) is -4.42. The second-order valence-corrected chi connectivity index (χ2v) is 14.9. The molecule has 3 heterocycles. The van der Waals surface area contributed by atoms with Crippen LogP contribution in [0.3, 0.4) is 0 Å².